The molecule has 0 saturated carbocycles. The second-order valence-electron chi connectivity index (χ2n) is 4.53. The number of hydrogen-bond acceptors (Lipinski definition) is 5. The first-order valence-electron chi connectivity index (χ1n) is 6.57. The van der Waals surface area contributed by atoms with Gasteiger partial charge in [0.1, 0.15) is 6.61 Å². The molecule has 1 saturated heterocycles. The average Bonchev–Trinajstić information content (AvgIpc) is 2.81. The standard InChI is InChI=1S/C13H20N2O3S/c16-8-9-18-13(17)15-5-2-4-14(6-7-15)11-12-3-1-10-19-12/h1,3,10,16H,2,4-9,11H2. The highest BCUT2D eigenvalue weighted by atomic mass is 32.1. The van der Waals surface area contributed by atoms with Crippen molar-refractivity contribution in [3.8, 4) is 0 Å². The highest BCUT2D eigenvalue weighted by molar-refractivity contribution is 7.09. The van der Waals surface area contributed by atoms with E-state index in [9.17, 15) is 4.79 Å². The van der Waals surface area contributed by atoms with Crippen LogP contribution in [0.2, 0.25) is 0 Å². The summed E-state index contributed by atoms with van der Waals surface area (Å²) in [6.07, 6.45) is 0.645. The Morgan fingerprint density at radius 2 is 2.26 bits per heavy atom. The summed E-state index contributed by atoms with van der Waals surface area (Å²) in [5.41, 5.74) is 0. The number of amides is 1. The fraction of sp³-hybridized carbons (Fsp3) is 0.615. The van der Waals surface area contributed by atoms with Crippen LogP contribution in [-0.2, 0) is 11.3 Å². The second-order valence-corrected chi connectivity index (χ2v) is 5.57. The number of carbonyl (C=O) groups excluding carboxylic acids is 1. The van der Waals surface area contributed by atoms with E-state index in [1.165, 1.54) is 4.88 Å². The molecule has 0 bridgehead atoms. The molecule has 6 heteroatoms. The quantitative estimate of drug-likeness (QED) is 0.907. The van der Waals surface area contributed by atoms with E-state index in [1.54, 1.807) is 16.2 Å². The Labute approximate surface area is 117 Å². The van der Waals surface area contributed by atoms with Gasteiger partial charge in [-0.25, -0.2) is 4.79 Å². The molecule has 0 aromatic carbocycles. The first-order valence-corrected chi connectivity index (χ1v) is 7.45. The molecule has 19 heavy (non-hydrogen) atoms. The van der Waals surface area contributed by atoms with E-state index in [1.807, 2.05) is 0 Å². The van der Waals surface area contributed by atoms with Gasteiger partial charge in [0.15, 0.2) is 0 Å². The molecule has 1 aliphatic rings. The van der Waals surface area contributed by atoms with Gasteiger partial charge in [0.25, 0.3) is 0 Å². The molecule has 2 rings (SSSR count). The number of carbonyl (C=O) groups is 1. The Balaban J connectivity index is 1.79. The van der Waals surface area contributed by atoms with Gasteiger partial charge in [0.2, 0.25) is 0 Å². The third kappa shape index (κ3) is 4.49. The number of rotatable bonds is 4. The van der Waals surface area contributed by atoms with Crippen LogP contribution in [0.5, 0.6) is 0 Å². The highest BCUT2D eigenvalue weighted by Gasteiger charge is 2.20. The second kappa shape index (κ2) is 7.47. The largest absolute Gasteiger partial charge is 0.447 e. The van der Waals surface area contributed by atoms with Crippen molar-refractivity contribution >= 4 is 17.4 Å². The van der Waals surface area contributed by atoms with Gasteiger partial charge in [0, 0.05) is 37.6 Å². The Morgan fingerprint density at radius 3 is 3.00 bits per heavy atom. The maximum Gasteiger partial charge on any atom is 0.409 e. The van der Waals surface area contributed by atoms with Crippen molar-refractivity contribution in [2.45, 2.75) is 13.0 Å². The molecule has 1 fully saturated rings. The predicted molar refractivity (Wildman–Crippen MR) is 74.2 cm³/mol. The van der Waals surface area contributed by atoms with Crippen LogP contribution < -0.4 is 0 Å². The monoisotopic (exact) mass is 284 g/mol. The summed E-state index contributed by atoms with van der Waals surface area (Å²) < 4.78 is 4.95. The Hall–Kier alpha value is -1.11. The molecule has 1 aromatic rings. The van der Waals surface area contributed by atoms with Crippen LogP contribution in [0.1, 0.15) is 11.3 Å². The molecular formula is C13H20N2O3S. The molecule has 0 unspecified atom stereocenters. The van der Waals surface area contributed by atoms with Gasteiger partial charge in [0.05, 0.1) is 6.61 Å². The zero-order valence-electron chi connectivity index (χ0n) is 11.0. The molecule has 1 amide bonds. The zero-order valence-corrected chi connectivity index (χ0v) is 11.8. The van der Waals surface area contributed by atoms with E-state index in [4.69, 9.17) is 9.84 Å². The van der Waals surface area contributed by atoms with Crippen LogP contribution in [0.3, 0.4) is 0 Å². The van der Waals surface area contributed by atoms with Gasteiger partial charge >= 0.3 is 6.09 Å². The summed E-state index contributed by atoms with van der Waals surface area (Å²) in [7, 11) is 0. The van der Waals surface area contributed by atoms with E-state index >= 15 is 0 Å². The van der Waals surface area contributed by atoms with Gasteiger partial charge < -0.3 is 14.7 Å². The first kappa shape index (κ1) is 14.3. The van der Waals surface area contributed by atoms with Gasteiger partial charge in [-0.15, -0.1) is 11.3 Å². The summed E-state index contributed by atoms with van der Waals surface area (Å²) in [5.74, 6) is 0. The van der Waals surface area contributed by atoms with Crippen molar-refractivity contribution in [3.05, 3.63) is 22.4 Å². The minimum atomic E-state index is -0.313. The Morgan fingerprint density at radius 1 is 1.37 bits per heavy atom. The maximum absolute atomic E-state index is 11.7. The number of nitrogens with zero attached hydrogens (tertiary/aromatic N) is 2. The van der Waals surface area contributed by atoms with Crippen molar-refractivity contribution in [2.24, 2.45) is 0 Å². The van der Waals surface area contributed by atoms with Crippen molar-refractivity contribution in [1.82, 2.24) is 9.80 Å². The molecular weight excluding hydrogens is 264 g/mol. The minimum Gasteiger partial charge on any atom is -0.447 e. The Bertz CT molecular complexity index is 383. The summed E-state index contributed by atoms with van der Waals surface area (Å²) in [6.45, 7) is 4.20. The molecule has 5 nitrogen and oxygen atoms in total. The normalized spacial score (nSPS) is 17.2. The van der Waals surface area contributed by atoms with Crippen molar-refractivity contribution in [2.75, 3.05) is 39.4 Å². The molecule has 1 aliphatic heterocycles. The number of aliphatic hydroxyl groups is 1. The topological polar surface area (TPSA) is 53.0 Å². The van der Waals surface area contributed by atoms with Gasteiger partial charge in [-0.1, -0.05) is 6.07 Å². The van der Waals surface area contributed by atoms with Crippen molar-refractivity contribution in [1.29, 1.82) is 0 Å². The van der Waals surface area contributed by atoms with Gasteiger partial charge in [-0.2, -0.15) is 0 Å². The number of ether oxygens (including phenoxy) is 1. The minimum absolute atomic E-state index is 0.0776. The van der Waals surface area contributed by atoms with Crippen LogP contribution >= 0.6 is 11.3 Å². The lowest BCUT2D eigenvalue weighted by atomic mass is 10.3. The van der Waals surface area contributed by atoms with Crippen molar-refractivity contribution in [3.63, 3.8) is 0 Å². The lowest BCUT2D eigenvalue weighted by Crippen LogP contribution is -2.35. The molecule has 0 atom stereocenters. The highest BCUT2D eigenvalue weighted by Crippen LogP contribution is 2.14. The van der Waals surface area contributed by atoms with Crippen LogP contribution in [0.4, 0.5) is 4.79 Å². The lowest BCUT2D eigenvalue weighted by Gasteiger charge is -2.21. The van der Waals surface area contributed by atoms with Crippen molar-refractivity contribution < 1.29 is 14.6 Å². The summed E-state index contributed by atoms with van der Waals surface area (Å²) >= 11 is 1.77. The lowest BCUT2D eigenvalue weighted by molar-refractivity contribution is 0.0850. The van der Waals surface area contributed by atoms with E-state index in [2.05, 4.69) is 22.4 Å². The molecule has 1 aromatic heterocycles. The third-order valence-electron chi connectivity index (χ3n) is 3.12. The predicted octanol–water partition coefficient (Wildman–Crippen LogP) is 1.38. The molecule has 1 N–H and O–H groups in total. The van der Waals surface area contributed by atoms with E-state index in [0.717, 1.165) is 32.6 Å². The molecule has 2 heterocycles. The first-order chi connectivity index (χ1) is 9.29. The van der Waals surface area contributed by atoms with Crippen LogP contribution in [0, 0.1) is 0 Å². The van der Waals surface area contributed by atoms with Gasteiger partial charge in [-0.3, -0.25) is 4.90 Å². The molecule has 0 radical (unpaired) electrons. The SMILES string of the molecule is O=C(OCCO)N1CCCN(Cc2cccs2)CC1. The number of hydrogen-bond donors (Lipinski definition) is 1. The zero-order chi connectivity index (χ0) is 13.5. The summed E-state index contributed by atoms with van der Waals surface area (Å²) in [5, 5.41) is 10.7. The molecule has 0 aliphatic carbocycles. The maximum atomic E-state index is 11.7. The Kier molecular flexibility index (Phi) is 5.62. The van der Waals surface area contributed by atoms with Crippen LogP contribution in [0.25, 0.3) is 0 Å². The van der Waals surface area contributed by atoms with Crippen LogP contribution in [0.15, 0.2) is 17.5 Å². The molecule has 0 spiro atoms. The average molecular weight is 284 g/mol. The summed E-state index contributed by atoms with van der Waals surface area (Å²) in [4.78, 5) is 17.2. The smallest absolute Gasteiger partial charge is 0.409 e. The van der Waals surface area contributed by atoms with Crippen LogP contribution in [-0.4, -0.2) is 60.4 Å². The van der Waals surface area contributed by atoms with E-state index in [0.29, 0.717) is 6.54 Å². The van der Waals surface area contributed by atoms with E-state index < -0.39 is 0 Å². The fourth-order valence-electron chi connectivity index (χ4n) is 2.16. The summed E-state index contributed by atoms with van der Waals surface area (Å²) in [6, 6.07) is 4.21. The number of aliphatic hydroxyl groups excluding tert-OH is 1. The third-order valence-corrected chi connectivity index (χ3v) is 3.98. The van der Waals surface area contributed by atoms with E-state index in [-0.39, 0.29) is 19.3 Å². The number of thiophene rings is 1. The van der Waals surface area contributed by atoms with Gasteiger partial charge in [-0.05, 0) is 17.9 Å². The fourth-order valence-corrected chi connectivity index (χ4v) is 2.90. The molecule has 106 valence electrons.